The van der Waals surface area contributed by atoms with Crippen molar-refractivity contribution < 1.29 is 18.0 Å². The van der Waals surface area contributed by atoms with E-state index in [4.69, 9.17) is 0 Å². The Morgan fingerprint density at radius 1 is 1.47 bits per heavy atom. The van der Waals surface area contributed by atoms with Gasteiger partial charge in [0.25, 0.3) is 0 Å². The fraction of sp³-hybridized carbons (Fsp3) is 0.889. The zero-order valence-electron chi connectivity index (χ0n) is 8.60. The van der Waals surface area contributed by atoms with Gasteiger partial charge in [0.2, 0.25) is 5.91 Å². The van der Waals surface area contributed by atoms with Gasteiger partial charge in [-0.1, -0.05) is 6.42 Å². The number of piperidine rings is 1. The molecule has 0 aliphatic carbocycles. The minimum atomic E-state index is -4.32. The Balaban J connectivity index is 2.44. The van der Waals surface area contributed by atoms with Gasteiger partial charge in [-0.3, -0.25) is 4.79 Å². The van der Waals surface area contributed by atoms with Crippen LogP contribution < -0.4 is 5.32 Å². The first kappa shape index (κ1) is 12.3. The van der Waals surface area contributed by atoms with Gasteiger partial charge in [-0.2, -0.15) is 13.2 Å². The Hall–Kier alpha value is -0.780. The highest BCUT2D eigenvalue weighted by molar-refractivity contribution is 5.81. The summed E-state index contributed by atoms with van der Waals surface area (Å²) in [6.45, 7) is -0.472. The minimum Gasteiger partial charge on any atom is -0.335 e. The van der Waals surface area contributed by atoms with Gasteiger partial charge >= 0.3 is 6.18 Å². The lowest BCUT2D eigenvalue weighted by molar-refractivity contribution is -0.159. The molecule has 0 spiro atoms. The first-order valence-corrected chi connectivity index (χ1v) is 4.95. The van der Waals surface area contributed by atoms with Crippen LogP contribution >= 0.6 is 0 Å². The van der Waals surface area contributed by atoms with E-state index < -0.39 is 24.7 Å². The molecule has 1 atom stereocenters. The summed E-state index contributed by atoms with van der Waals surface area (Å²) in [5, 5.41) is 2.93. The largest absolute Gasteiger partial charge is 0.406 e. The van der Waals surface area contributed by atoms with E-state index in [0.29, 0.717) is 13.0 Å². The van der Waals surface area contributed by atoms with E-state index in [1.807, 2.05) is 0 Å². The van der Waals surface area contributed by atoms with Gasteiger partial charge in [0, 0.05) is 7.05 Å². The van der Waals surface area contributed by atoms with E-state index in [0.717, 1.165) is 17.7 Å². The van der Waals surface area contributed by atoms with Crippen LogP contribution in [0.25, 0.3) is 0 Å². The summed E-state index contributed by atoms with van der Waals surface area (Å²) in [5.41, 5.74) is 0. The molecule has 0 aromatic heterocycles. The fourth-order valence-electron chi connectivity index (χ4n) is 1.68. The zero-order chi connectivity index (χ0) is 11.5. The van der Waals surface area contributed by atoms with Crippen molar-refractivity contribution in [3.8, 4) is 0 Å². The molecule has 1 rings (SSSR count). The Morgan fingerprint density at radius 3 is 2.60 bits per heavy atom. The van der Waals surface area contributed by atoms with Crippen molar-refractivity contribution in [1.29, 1.82) is 0 Å². The zero-order valence-corrected chi connectivity index (χ0v) is 8.60. The second-order valence-corrected chi connectivity index (χ2v) is 3.81. The molecule has 1 fully saturated rings. The lowest BCUT2D eigenvalue weighted by Crippen LogP contribution is -2.49. The quantitative estimate of drug-likeness (QED) is 0.763. The summed E-state index contributed by atoms with van der Waals surface area (Å²) in [5.74, 6) is -0.466. The van der Waals surface area contributed by atoms with E-state index in [2.05, 4.69) is 5.32 Å². The molecule has 3 nitrogen and oxygen atoms in total. The van der Waals surface area contributed by atoms with Crippen molar-refractivity contribution in [2.24, 2.45) is 0 Å². The van der Waals surface area contributed by atoms with Gasteiger partial charge in [0.15, 0.2) is 0 Å². The molecule has 1 aliphatic rings. The van der Waals surface area contributed by atoms with Crippen molar-refractivity contribution in [1.82, 2.24) is 10.2 Å². The monoisotopic (exact) mass is 224 g/mol. The van der Waals surface area contributed by atoms with Gasteiger partial charge < -0.3 is 10.2 Å². The lowest BCUT2D eigenvalue weighted by atomic mass is 10.0. The molecule has 0 aromatic rings. The Kier molecular flexibility index (Phi) is 3.96. The summed E-state index contributed by atoms with van der Waals surface area (Å²) in [4.78, 5) is 12.3. The maximum Gasteiger partial charge on any atom is 0.406 e. The van der Waals surface area contributed by atoms with Gasteiger partial charge in [-0.05, 0) is 19.4 Å². The molecule has 1 amide bonds. The smallest absolute Gasteiger partial charge is 0.335 e. The summed E-state index contributed by atoms with van der Waals surface area (Å²) in [7, 11) is 1.19. The van der Waals surface area contributed by atoms with Crippen LogP contribution in [0.5, 0.6) is 0 Å². The molecule has 6 heteroatoms. The highest BCUT2D eigenvalue weighted by Crippen LogP contribution is 2.17. The van der Waals surface area contributed by atoms with Crippen LogP contribution in [0.3, 0.4) is 0 Å². The first-order chi connectivity index (χ1) is 6.90. The van der Waals surface area contributed by atoms with E-state index in [-0.39, 0.29) is 0 Å². The molecule has 0 aromatic carbocycles. The van der Waals surface area contributed by atoms with Crippen molar-refractivity contribution in [3.05, 3.63) is 0 Å². The normalized spacial score (nSPS) is 22.5. The maximum absolute atomic E-state index is 12.0. The number of likely N-dealkylation sites (N-methyl/N-ethyl adjacent to an activating group) is 1. The molecule has 0 bridgehead atoms. The number of rotatable bonds is 2. The third-order valence-electron chi connectivity index (χ3n) is 2.40. The topological polar surface area (TPSA) is 32.3 Å². The molecule has 0 radical (unpaired) electrons. The van der Waals surface area contributed by atoms with Crippen LogP contribution in [0.15, 0.2) is 0 Å². The van der Waals surface area contributed by atoms with Crippen LogP contribution in [-0.2, 0) is 4.79 Å². The third-order valence-corrected chi connectivity index (χ3v) is 2.40. The van der Waals surface area contributed by atoms with Crippen molar-refractivity contribution in [2.75, 3.05) is 20.1 Å². The number of carbonyl (C=O) groups is 1. The number of hydrogen-bond donors (Lipinski definition) is 1. The lowest BCUT2D eigenvalue weighted by Gasteiger charge is -2.27. The van der Waals surface area contributed by atoms with Crippen molar-refractivity contribution in [3.63, 3.8) is 0 Å². The van der Waals surface area contributed by atoms with Crippen molar-refractivity contribution in [2.45, 2.75) is 31.5 Å². The molecular weight excluding hydrogens is 209 g/mol. The number of amides is 1. The molecule has 1 saturated heterocycles. The predicted octanol–water partition coefficient (Wildman–Crippen LogP) is 1.15. The van der Waals surface area contributed by atoms with Crippen LogP contribution in [0.4, 0.5) is 13.2 Å². The van der Waals surface area contributed by atoms with Gasteiger partial charge in [-0.25, -0.2) is 0 Å². The van der Waals surface area contributed by atoms with Crippen LogP contribution in [0.1, 0.15) is 19.3 Å². The van der Waals surface area contributed by atoms with E-state index in [9.17, 15) is 18.0 Å². The number of carbonyl (C=O) groups excluding carboxylic acids is 1. The molecule has 1 heterocycles. The van der Waals surface area contributed by atoms with Crippen molar-refractivity contribution >= 4 is 5.91 Å². The standard InChI is InChI=1S/C9H15F3N2O/c1-14(6-9(10,11)12)8(15)7-4-2-3-5-13-7/h7,13H,2-6H2,1H3. The first-order valence-electron chi connectivity index (χ1n) is 4.95. The average Bonchev–Trinajstić information content (AvgIpc) is 2.15. The minimum absolute atomic E-state index is 0.439. The van der Waals surface area contributed by atoms with E-state index in [1.54, 1.807) is 0 Å². The summed E-state index contributed by atoms with van der Waals surface area (Å²) in [6, 6.07) is -0.439. The highest BCUT2D eigenvalue weighted by Gasteiger charge is 2.33. The Bertz CT molecular complexity index is 224. The number of nitrogens with one attached hydrogen (secondary N) is 1. The van der Waals surface area contributed by atoms with Crippen LogP contribution in [0, 0.1) is 0 Å². The molecule has 1 N–H and O–H groups in total. The van der Waals surface area contributed by atoms with Crippen LogP contribution in [-0.4, -0.2) is 43.2 Å². The third kappa shape index (κ3) is 4.07. The summed E-state index contributed by atoms with van der Waals surface area (Å²) >= 11 is 0. The van der Waals surface area contributed by atoms with E-state index >= 15 is 0 Å². The number of halogens is 3. The SMILES string of the molecule is CN(CC(F)(F)F)C(=O)C1CCCCN1. The number of nitrogens with zero attached hydrogens (tertiary/aromatic N) is 1. The molecule has 0 saturated carbocycles. The molecule has 15 heavy (non-hydrogen) atoms. The Morgan fingerprint density at radius 2 is 2.13 bits per heavy atom. The highest BCUT2D eigenvalue weighted by atomic mass is 19.4. The predicted molar refractivity (Wildman–Crippen MR) is 49.3 cm³/mol. The molecule has 1 aliphatic heterocycles. The van der Waals surface area contributed by atoms with Crippen LogP contribution in [0.2, 0.25) is 0 Å². The van der Waals surface area contributed by atoms with Gasteiger partial charge in [0.05, 0.1) is 6.04 Å². The Labute approximate surface area is 86.6 Å². The number of hydrogen-bond acceptors (Lipinski definition) is 2. The summed E-state index contributed by atoms with van der Waals surface area (Å²) in [6.07, 6.45) is -1.82. The fourth-order valence-corrected chi connectivity index (χ4v) is 1.68. The molecule has 88 valence electrons. The summed E-state index contributed by atoms with van der Waals surface area (Å²) < 4.78 is 36.1. The molecular formula is C9H15F3N2O. The number of alkyl halides is 3. The van der Waals surface area contributed by atoms with E-state index in [1.165, 1.54) is 7.05 Å². The van der Waals surface area contributed by atoms with Gasteiger partial charge in [0.1, 0.15) is 6.54 Å². The maximum atomic E-state index is 12.0. The molecule has 1 unspecified atom stereocenters. The second kappa shape index (κ2) is 4.83. The average molecular weight is 224 g/mol. The second-order valence-electron chi connectivity index (χ2n) is 3.81. The van der Waals surface area contributed by atoms with Gasteiger partial charge in [-0.15, -0.1) is 0 Å².